The first-order chi connectivity index (χ1) is 7.66. The molecule has 0 aromatic heterocycles. The summed E-state index contributed by atoms with van der Waals surface area (Å²) in [6, 6.07) is 0. The van der Waals surface area contributed by atoms with E-state index in [2.05, 4.69) is 5.32 Å². The zero-order valence-electron chi connectivity index (χ0n) is 10.1. The predicted molar refractivity (Wildman–Crippen MR) is 63.1 cm³/mol. The Labute approximate surface area is 97.4 Å². The topological polar surface area (TPSA) is 66.4 Å². The molecule has 0 aromatic rings. The second-order valence-corrected chi connectivity index (χ2v) is 4.04. The molecule has 0 aliphatic carbocycles. The van der Waals surface area contributed by atoms with E-state index in [0.717, 1.165) is 25.7 Å². The van der Waals surface area contributed by atoms with E-state index < -0.39 is 0 Å². The number of aliphatic hydroxyl groups is 1. The molecule has 0 unspecified atom stereocenters. The summed E-state index contributed by atoms with van der Waals surface area (Å²) in [6.07, 6.45) is 5.42. The summed E-state index contributed by atoms with van der Waals surface area (Å²) in [4.78, 5) is 21.9. The van der Waals surface area contributed by atoms with E-state index in [1.165, 1.54) is 0 Å². The van der Waals surface area contributed by atoms with Crippen LogP contribution in [0.1, 0.15) is 51.9 Å². The standard InChI is InChI=1S/C12H23NO3/c1-11(15)7-6-8-12(16)13-9-4-2-3-5-10-14/h14H,2-10H2,1H3,(H,13,16). The lowest BCUT2D eigenvalue weighted by molar-refractivity contribution is -0.121. The summed E-state index contributed by atoms with van der Waals surface area (Å²) >= 11 is 0. The third-order valence-corrected chi connectivity index (χ3v) is 2.34. The van der Waals surface area contributed by atoms with Crippen molar-refractivity contribution < 1.29 is 14.7 Å². The average molecular weight is 229 g/mol. The number of carbonyl (C=O) groups excluding carboxylic acids is 2. The number of nitrogens with one attached hydrogen (secondary N) is 1. The number of rotatable bonds is 10. The van der Waals surface area contributed by atoms with E-state index in [9.17, 15) is 9.59 Å². The fraction of sp³-hybridized carbons (Fsp3) is 0.833. The Bertz CT molecular complexity index is 204. The number of hydrogen-bond acceptors (Lipinski definition) is 3. The smallest absolute Gasteiger partial charge is 0.220 e. The van der Waals surface area contributed by atoms with Gasteiger partial charge < -0.3 is 15.2 Å². The molecule has 0 spiro atoms. The minimum atomic E-state index is 0.0309. The molecular weight excluding hydrogens is 206 g/mol. The summed E-state index contributed by atoms with van der Waals surface area (Å²) < 4.78 is 0. The molecule has 0 radical (unpaired) electrons. The Morgan fingerprint density at radius 3 is 2.31 bits per heavy atom. The molecule has 0 fully saturated rings. The van der Waals surface area contributed by atoms with Gasteiger partial charge in [0.05, 0.1) is 0 Å². The fourth-order valence-electron chi connectivity index (χ4n) is 1.40. The minimum absolute atomic E-state index is 0.0309. The van der Waals surface area contributed by atoms with Crippen LogP contribution in [-0.4, -0.2) is 29.9 Å². The first-order valence-electron chi connectivity index (χ1n) is 6.04. The van der Waals surface area contributed by atoms with Crippen molar-refractivity contribution in [3.8, 4) is 0 Å². The van der Waals surface area contributed by atoms with Gasteiger partial charge in [-0.25, -0.2) is 0 Å². The van der Waals surface area contributed by atoms with Crippen LogP contribution in [0.3, 0.4) is 0 Å². The normalized spacial score (nSPS) is 10.1. The van der Waals surface area contributed by atoms with Crippen molar-refractivity contribution in [2.75, 3.05) is 13.2 Å². The highest BCUT2D eigenvalue weighted by molar-refractivity contribution is 5.78. The Morgan fingerprint density at radius 2 is 1.69 bits per heavy atom. The highest BCUT2D eigenvalue weighted by Crippen LogP contribution is 1.99. The number of aliphatic hydroxyl groups excluding tert-OH is 1. The quantitative estimate of drug-likeness (QED) is 0.557. The van der Waals surface area contributed by atoms with Gasteiger partial charge in [0.2, 0.25) is 5.91 Å². The zero-order chi connectivity index (χ0) is 12.2. The summed E-state index contributed by atoms with van der Waals surface area (Å²) in [5.41, 5.74) is 0. The van der Waals surface area contributed by atoms with E-state index >= 15 is 0 Å². The molecule has 0 heterocycles. The highest BCUT2D eigenvalue weighted by atomic mass is 16.2. The van der Waals surface area contributed by atoms with Crippen LogP contribution in [-0.2, 0) is 9.59 Å². The fourth-order valence-corrected chi connectivity index (χ4v) is 1.40. The van der Waals surface area contributed by atoms with Gasteiger partial charge in [0.15, 0.2) is 0 Å². The minimum Gasteiger partial charge on any atom is -0.396 e. The molecule has 0 saturated carbocycles. The molecule has 16 heavy (non-hydrogen) atoms. The van der Waals surface area contributed by atoms with Crippen molar-refractivity contribution in [2.24, 2.45) is 0 Å². The van der Waals surface area contributed by atoms with E-state index in [0.29, 0.717) is 25.8 Å². The van der Waals surface area contributed by atoms with Crippen molar-refractivity contribution in [3.05, 3.63) is 0 Å². The van der Waals surface area contributed by atoms with Crippen LogP contribution >= 0.6 is 0 Å². The van der Waals surface area contributed by atoms with Crippen LogP contribution in [0.2, 0.25) is 0 Å². The van der Waals surface area contributed by atoms with Gasteiger partial charge in [-0.15, -0.1) is 0 Å². The molecular formula is C12H23NO3. The van der Waals surface area contributed by atoms with Crippen molar-refractivity contribution in [3.63, 3.8) is 0 Å². The Kier molecular flexibility index (Phi) is 10.0. The van der Waals surface area contributed by atoms with Gasteiger partial charge >= 0.3 is 0 Å². The molecule has 0 rings (SSSR count). The van der Waals surface area contributed by atoms with Gasteiger partial charge in [0.25, 0.3) is 0 Å². The average Bonchev–Trinajstić information content (AvgIpc) is 2.22. The second-order valence-electron chi connectivity index (χ2n) is 4.04. The maximum atomic E-state index is 11.3. The number of carbonyl (C=O) groups is 2. The molecule has 0 bridgehead atoms. The van der Waals surface area contributed by atoms with E-state index in [-0.39, 0.29) is 18.3 Å². The van der Waals surface area contributed by atoms with Crippen LogP contribution in [0.4, 0.5) is 0 Å². The Morgan fingerprint density at radius 1 is 1.00 bits per heavy atom. The Balaban J connectivity index is 3.20. The third-order valence-electron chi connectivity index (χ3n) is 2.34. The lowest BCUT2D eigenvalue weighted by Gasteiger charge is -2.04. The van der Waals surface area contributed by atoms with E-state index in [4.69, 9.17) is 5.11 Å². The summed E-state index contributed by atoms with van der Waals surface area (Å²) in [5.74, 6) is 0.167. The molecule has 0 atom stereocenters. The first kappa shape index (κ1) is 15.1. The van der Waals surface area contributed by atoms with Gasteiger partial charge in [0, 0.05) is 26.0 Å². The molecule has 1 amide bonds. The summed E-state index contributed by atoms with van der Waals surface area (Å²) in [5, 5.41) is 11.4. The van der Waals surface area contributed by atoms with Crippen molar-refractivity contribution >= 4 is 11.7 Å². The lowest BCUT2D eigenvalue weighted by atomic mass is 10.2. The highest BCUT2D eigenvalue weighted by Gasteiger charge is 2.01. The van der Waals surface area contributed by atoms with Gasteiger partial charge in [-0.05, 0) is 26.2 Å². The van der Waals surface area contributed by atoms with Crippen LogP contribution < -0.4 is 5.32 Å². The third kappa shape index (κ3) is 11.2. The van der Waals surface area contributed by atoms with E-state index in [1.807, 2.05) is 0 Å². The maximum absolute atomic E-state index is 11.3. The summed E-state index contributed by atoms with van der Waals surface area (Å²) in [7, 11) is 0. The van der Waals surface area contributed by atoms with Crippen LogP contribution in [0.15, 0.2) is 0 Å². The first-order valence-corrected chi connectivity index (χ1v) is 6.04. The molecule has 0 saturated heterocycles. The molecule has 94 valence electrons. The lowest BCUT2D eigenvalue weighted by Crippen LogP contribution is -2.24. The monoisotopic (exact) mass is 229 g/mol. The largest absolute Gasteiger partial charge is 0.396 e. The summed E-state index contributed by atoms with van der Waals surface area (Å²) in [6.45, 7) is 2.49. The Hall–Kier alpha value is -0.900. The molecule has 0 aliphatic heterocycles. The van der Waals surface area contributed by atoms with Gasteiger partial charge in [0.1, 0.15) is 5.78 Å². The van der Waals surface area contributed by atoms with Crippen molar-refractivity contribution in [1.29, 1.82) is 0 Å². The molecule has 4 nitrogen and oxygen atoms in total. The zero-order valence-corrected chi connectivity index (χ0v) is 10.1. The number of amides is 1. The predicted octanol–water partition coefficient (Wildman–Crippen LogP) is 1.41. The maximum Gasteiger partial charge on any atom is 0.220 e. The van der Waals surface area contributed by atoms with Crippen LogP contribution in [0, 0.1) is 0 Å². The van der Waals surface area contributed by atoms with Crippen LogP contribution in [0.25, 0.3) is 0 Å². The van der Waals surface area contributed by atoms with Crippen molar-refractivity contribution in [2.45, 2.75) is 51.9 Å². The number of Topliss-reactive ketones (excluding diaryl/α,β-unsaturated/α-hetero) is 1. The van der Waals surface area contributed by atoms with Crippen LogP contribution in [0.5, 0.6) is 0 Å². The van der Waals surface area contributed by atoms with Gasteiger partial charge in [-0.3, -0.25) is 4.79 Å². The number of unbranched alkanes of at least 4 members (excludes halogenated alkanes) is 3. The number of ketones is 1. The molecule has 0 aliphatic rings. The SMILES string of the molecule is CC(=O)CCCC(=O)NCCCCCCO. The second kappa shape index (κ2) is 10.6. The molecule has 2 N–H and O–H groups in total. The molecule has 4 heteroatoms. The van der Waals surface area contributed by atoms with E-state index in [1.54, 1.807) is 6.92 Å². The van der Waals surface area contributed by atoms with Crippen molar-refractivity contribution in [1.82, 2.24) is 5.32 Å². The van der Waals surface area contributed by atoms with Gasteiger partial charge in [-0.2, -0.15) is 0 Å². The number of hydrogen-bond donors (Lipinski definition) is 2. The van der Waals surface area contributed by atoms with Gasteiger partial charge in [-0.1, -0.05) is 12.8 Å². The molecule has 0 aromatic carbocycles.